The highest BCUT2D eigenvalue weighted by Gasteiger charge is 2.14. The largest absolute Gasteiger partial charge is 0.385 e. The molecular weight excluding hydrogens is 304 g/mol. The molecule has 0 saturated heterocycles. The summed E-state index contributed by atoms with van der Waals surface area (Å²) < 4.78 is 27.1. The molecule has 0 aliphatic heterocycles. The van der Waals surface area contributed by atoms with Gasteiger partial charge in [-0.3, -0.25) is 4.72 Å². The third-order valence-corrected chi connectivity index (χ3v) is 5.79. The number of sulfonamides is 1. The molecule has 0 radical (unpaired) electrons. The van der Waals surface area contributed by atoms with Crippen LogP contribution in [0.1, 0.15) is 26.2 Å². The van der Waals surface area contributed by atoms with Crippen molar-refractivity contribution in [1.29, 1.82) is 0 Å². The molecule has 6 heteroatoms. The first-order chi connectivity index (χ1) is 10.1. The fourth-order valence-electron chi connectivity index (χ4n) is 1.89. The van der Waals surface area contributed by atoms with Gasteiger partial charge in [0, 0.05) is 17.9 Å². The molecule has 1 aromatic heterocycles. The molecule has 0 aliphatic carbocycles. The van der Waals surface area contributed by atoms with Gasteiger partial charge in [-0.15, -0.1) is 11.3 Å². The summed E-state index contributed by atoms with van der Waals surface area (Å²) in [6.45, 7) is 3.11. The first kappa shape index (κ1) is 15.9. The van der Waals surface area contributed by atoms with Gasteiger partial charge in [0.05, 0.1) is 0 Å². The van der Waals surface area contributed by atoms with Crippen LogP contribution in [-0.4, -0.2) is 15.0 Å². The average molecular weight is 324 g/mol. The minimum Gasteiger partial charge on any atom is -0.385 e. The second-order valence-corrected chi connectivity index (χ2v) is 7.61. The van der Waals surface area contributed by atoms with E-state index in [1.165, 1.54) is 24.2 Å². The Morgan fingerprint density at radius 1 is 1.05 bits per heavy atom. The van der Waals surface area contributed by atoms with Gasteiger partial charge in [0.2, 0.25) is 0 Å². The van der Waals surface area contributed by atoms with Crippen LogP contribution >= 0.6 is 11.3 Å². The van der Waals surface area contributed by atoms with Gasteiger partial charge < -0.3 is 5.32 Å². The van der Waals surface area contributed by atoms with E-state index in [4.69, 9.17) is 0 Å². The molecule has 0 atom stereocenters. The van der Waals surface area contributed by atoms with Crippen LogP contribution in [0, 0.1) is 0 Å². The molecule has 4 nitrogen and oxygen atoms in total. The van der Waals surface area contributed by atoms with Gasteiger partial charge in [0.1, 0.15) is 4.21 Å². The number of rotatable bonds is 8. The maximum atomic E-state index is 12.1. The van der Waals surface area contributed by atoms with Gasteiger partial charge >= 0.3 is 0 Å². The molecule has 0 spiro atoms. The van der Waals surface area contributed by atoms with Crippen molar-refractivity contribution in [1.82, 2.24) is 0 Å². The normalized spacial score (nSPS) is 11.3. The van der Waals surface area contributed by atoms with E-state index in [-0.39, 0.29) is 0 Å². The number of anilines is 2. The Morgan fingerprint density at radius 2 is 1.76 bits per heavy atom. The van der Waals surface area contributed by atoms with Gasteiger partial charge in [-0.1, -0.05) is 25.8 Å². The van der Waals surface area contributed by atoms with E-state index in [0.29, 0.717) is 9.90 Å². The Balaban J connectivity index is 1.93. The van der Waals surface area contributed by atoms with Gasteiger partial charge in [0.15, 0.2) is 0 Å². The summed E-state index contributed by atoms with van der Waals surface area (Å²) in [5, 5.41) is 5.07. The van der Waals surface area contributed by atoms with Crippen molar-refractivity contribution in [3.63, 3.8) is 0 Å². The summed E-state index contributed by atoms with van der Waals surface area (Å²) >= 11 is 1.21. The van der Waals surface area contributed by atoms with Crippen LogP contribution in [0.3, 0.4) is 0 Å². The van der Waals surface area contributed by atoms with E-state index in [1.54, 1.807) is 29.6 Å². The minimum absolute atomic E-state index is 0.323. The minimum atomic E-state index is -3.46. The fourth-order valence-corrected chi connectivity index (χ4v) is 3.94. The standard InChI is InChI=1S/C15H20N2O2S2/c1-2-3-4-11-16-13-7-9-14(10-8-13)17-21(18,19)15-6-5-12-20-15/h5-10,12,16-17H,2-4,11H2,1H3. The number of nitrogens with one attached hydrogen (secondary N) is 2. The van der Waals surface area contributed by atoms with Crippen molar-refractivity contribution < 1.29 is 8.42 Å². The molecule has 2 aromatic rings. The highest BCUT2D eigenvalue weighted by Crippen LogP contribution is 2.21. The summed E-state index contributed by atoms with van der Waals surface area (Å²) in [6.07, 6.45) is 3.56. The van der Waals surface area contributed by atoms with Crippen LogP contribution in [0.2, 0.25) is 0 Å². The van der Waals surface area contributed by atoms with Crippen molar-refractivity contribution in [3.8, 4) is 0 Å². The van der Waals surface area contributed by atoms with Gasteiger partial charge in [0.25, 0.3) is 10.0 Å². The Bertz CT molecular complexity index is 635. The summed E-state index contributed by atoms with van der Waals surface area (Å²) in [4.78, 5) is 0. The van der Waals surface area contributed by atoms with Crippen LogP contribution in [0.25, 0.3) is 0 Å². The van der Waals surface area contributed by atoms with Crippen LogP contribution in [0.15, 0.2) is 46.0 Å². The summed E-state index contributed by atoms with van der Waals surface area (Å²) in [7, 11) is -3.46. The number of thiophene rings is 1. The maximum Gasteiger partial charge on any atom is 0.271 e. The zero-order valence-corrected chi connectivity index (χ0v) is 13.6. The third-order valence-electron chi connectivity index (χ3n) is 3.01. The first-order valence-corrected chi connectivity index (χ1v) is 9.38. The Hall–Kier alpha value is -1.53. The van der Waals surface area contributed by atoms with E-state index < -0.39 is 10.0 Å². The van der Waals surface area contributed by atoms with E-state index in [1.807, 2.05) is 12.1 Å². The quantitative estimate of drug-likeness (QED) is 0.717. The molecule has 0 unspecified atom stereocenters. The smallest absolute Gasteiger partial charge is 0.271 e. The SMILES string of the molecule is CCCCCNc1ccc(NS(=O)(=O)c2cccs2)cc1. The average Bonchev–Trinajstić information content (AvgIpc) is 3.00. The molecule has 1 heterocycles. The molecule has 114 valence electrons. The number of unbranched alkanes of at least 4 members (excludes halogenated alkanes) is 2. The Labute approximate surface area is 130 Å². The molecule has 2 rings (SSSR count). The van der Waals surface area contributed by atoms with Crippen molar-refractivity contribution in [2.24, 2.45) is 0 Å². The summed E-state index contributed by atoms with van der Waals surface area (Å²) in [5.74, 6) is 0. The van der Waals surface area contributed by atoms with E-state index in [2.05, 4.69) is 17.0 Å². The zero-order chi connectivity index (χ0) is 15.1. The van der Waals surface area contributed by atoms with E-state index in [0.717, 1.165) is 18.7 Å². The number of hydrogen-bond donors (Lipinski definition) is 2. The lowest BCUT2D eigenvalue weighted by Crippen LogP contribution is -2.11. The molecular formula is C15H20N2O2S2. The zero-order valence-electron chi connectivity index (χ0n) is 12.0. The lowest BCUT2D eigenvalue weighted by Gasteiger charge is -2.09. The number of benzene rings is 1. The maximum absolute atomic E-state index is 12.1. The molecule has 0 aliphatic rings. The number of hydrogen-bond acceptors (Lipinski definition) is 4. The monoisotopic (exact) mass is 324 g/mol. The van der Waals surface area contributed by atoms with Crippen molar-refractivity contribution >= 4 is 32.7 Å². The lowest BCUT2D eigenvalue weighted by atomic mass is 10.2. The van der Waals surface area contributed by atoms with Crippen molar-refractivity contribution in [2.75, 3.05) is 16.6 Å². The van der Waals surface area contributed by atoms with Crippen molar-refractivity contribution in [3.05, 3.63) is 41.8 Å². The molecule has 0 bridgehead atoms. The van der Waals surface area contributed by atoms with Crippen LogP contribution < -0.4 is 10.0 Å². The predicted molar refractivity (Wildman–Crippen MR) is 89.6 cm³/mol. The molecule has 2 N–H and O–H groups in total. The third kappa shape index (κ3) is 4.75. The Kier molecular flexibility index (Phi) is 5.64. The topological polar surface area (TPSA) is 58.2 Å². The summed E-state index contributed by atoms with van der Waals surface area (Å²) in [5.41, 5.74) is 1.58. The first-order valence-electron chi connectivity index (χ1n) is 7.02. The van der Waals surface area contributed by atoms with E-state index >= 15 is 0 Å². The van der Waals surface area contributed by atoms with Gasteiger partial charge in [-0.2, -0.15) is 0 Å². The highest BCUT2D eigenvalue weighted by molar-refractivity contribution is 7.94. The second kappa shape index (κ2) is 7.47. The molecule has 21 heavy (non-hydrogen) atoms. The van der Waals surface area contributed by atoms with Crippen LogP contribution in [0.5, 0.6) is 0 Å². The van der Waals surface area contributed by atoms with E-state index in [9.17, 15) is 8.42 Å². The fraction of sp³-hybridized carbons (Fsp3) is 0.333. The predicted octanol–water partition coefficient (Wildman–Crippen LogP) is 4.15. The summed E-state index contributed by atoms with van der Waals surface area (Å²) in [6, 6.07) is 10.6. The molecule has 0 fully saturated rings. The van der Waals surface area contributed by atoms with Crippen LogP contribution in [-0.2, 0) is 10.0 Å². The van der Waals surface area contributed by atoms with Gasteiger partial charge in [-0.05, 0) is 42.1 Å². The molecule has 1 aromatic carbocycles. The van der Waals surface area contributed by atoms with Crippen LogP contribution in [0.4, 0.5) is 11.4 Å². The lowest BCUT2D eigenvalue weighted by molar-refractivity contribution is 0.603. The highest BCUT2D eigenvalue weighted by atomic mass is 32.2. The van der Waals surface area contributed by atoms with Crippen molar-refractivity contribution in [2.45, 2.75) is 30.4 Å². The second-order valence-electron chi connectivity index (χ2n) is 4.75. The molecule has 0 saturated carbocycles. The Morgan fingerprint density at radius 3 is 2.38 bits per heavy atom. The molecule has 0 amide bonds. The van der Waals surface area contributed by atoms with Gasteiger partial charge in [-0.25, -0.2) is 8.42 Å².